The number of hydrogen-bond acceptors (Lipinski definition) is 39. The van der Waals surface area contributed by atoms with E-state index in [-0.39, 0.29) is 66.0 Å². The number of aromatic amines is 4. The van der Waals surface area contributed by atoms with Gasteiger partial charge in [0.05, 0.1) is 82.1 Å². The van der Waals surface area contributed by atoms with Crippen LogP contribution in [0.3, 0.4) is 0 Å². The maximum absolute atomic E-state index is 13.5. The zero-order chi connectivity index (χ0) is 89.1. The van der Waals surface area contributed by atoms with Crippen LogP contribution in [0, 0.1) is 34.6 Å². The molecule has 14 N–H and O–H groups in total. The Morgan fingerprint density at radius 2 is 0.659 bits per heavy atom. The molecule has 13 heterocycles. The predicted octanol–water partition coefficient (Wildman–Crippen LogP) is 0.467. The van der Waals surface area contributed by atoms with Gasteiger partial charge in [-0.05, 0) is 112 Å². The molecule has 123 heavy (non-hydrogen) atoms. The van der Waals surface area contributed by atoms with Crippen molar-refractivity contribution in [1.82, 2.24) is 67.3 Å². The number of aryl methyl sites for hydroxylation is 5. The first-order valence-corrected chi connectivity index (χ1v) is 52.6. The Kier molecular flexibility index (Phi) is 29.7. The molecule has 7 aromatic heterocycles. The molecule has 6 aliphatic rings. The smallest absolute Gasteiger partial charge is 0.351 e. The molecular weight excluding hydrogens is 1880 g/mol. The van der Waals surface area contributed by atoms with E-state index >= 15 is 0 Å². The van der Waals surface area contributed by atoms with Crippen LogP contribution >= 0.6 is 40.3 Å². The number of ether oxygens (including phenoxy) is 6. The second kappa shape index (κ2) is 38.4. The van der Waals surface area contributed by atoms with Gasteiger partial charge < -0.3 is 124 Å². The van der Waals surface area contributed by atoms with Crippen LogP contribution in [0.15, 0.2) is 86.8 Å². The molecule has 61 heteroatoms. The summed E-state index contributed by atoms with van der Waals surface area (Å²) in [5, 5.41) is 0. The van der Waals surface area contributed by atoms with Crippen molar-refractivity contribution in [3.05, 3.63) is 165 Å². The molecule has 6 saturated heterocycles. The van der Waals surface area contributed by atoms with Crippen LogP contribution in [0.2, 0.25) is 0 Å². The Morgan fingerprint density at radius 3 is 0.959 bits per heavy atom. The summed E-state index contributed by atoms with van der Waals surface area (Å²) in [5.41, 5.74) is 5.96. The minimum atomic E-state index is -4.73. The van der Waals surface area contributed by atoms with E-state index in [9.17, 15) is 72.5 Å². The molecule has 0 amide bonds. The lowest BCUT2D eigenvalue weighted by Gasteiger charge is -2.28. The second-order valence-electron chi connectivity index (χ2n) is 28.9. The lowest BCUT2D eigenvalue weighted by Crippen LogP contribution is -2.33. The zero-order valence-electron chi connectivity index (χ0n) is 65.4. The van der Waals surface area contributed by atoms with Gasteiger partial charge in [0.2, 0.25) is 0 Å². The summed E-state index contributed by atoms with van der Waals surface area (Å²) < 4.78 is 115. The Balaban J connectivity index is 0.701. The van der Waals surface area contributed by atoms with Crippen molar-refractivity contribution in [1.29, 1.82) is 0 Å². The van der Waals surface area contributed by atoms with Gasteiger partial charge in [0.1, 0.15) is 85.5 Å². The summed E-state index contributed by atoms with van der Waals surface area (Å²) in [6.07, 6.45) is -14.9. The lowest BCUT2D eigenvalue weighted by molar-refractivity contribution is -0.0577. The van der Waals surface area contributed by atoms with Crippen LogP contribution in [0.25, 0.3) is 11.2 Å². The Labute approximate surface area is 722 Å². The maximum Gasteiger partial charge on any atom is 0.351 e. The van der Waals surface area contributed by atoms with E-state index in [1.165, 1.54) is 71.3 Å². The molecule has 676 valence electrons. The van der Waals surface area contributed by atoms with Crippen molar-refractivity contribution in [3.63, 3.8) is 0 Å². The third-order valence-electron chi connectivity index (χ3n) is 20.3. The van der Waals surface area contributed by atoms with Gasteiger partial charge in [0.25, 0.3) is 22.2 Å². The molecule has 13 rings (SSSR count). The molecule has 24 unspecified atom stereocenters. The third kappa shape index (κ3) is 22.9. The molecular formula is C62H84N16O33P6S6. The van der Waals surface area contributed by atoms with E-state index in [1.54, 1.807) is 11.5 Å². The van der Waals surface area contributed by atoms with E-state index < -0.39 is 241 Å². The number of rotatable bonds is 35. The minimum absolute atomic E-state index is 0.0463. The van der Waals surface area contributed by atoms with Gasteiger partial charge in [0, 0.05) is 104 Å². The molecule has 0 radical (unpaired) electrons. The fourth-order valence-electron chi connectivity index (χ4n) is 14.1. The summed E-state index contributed by atoms with van der Waals surface area (Å²) in [6, 6.07) is 0. The number of nitrogen functional groups attached to an aromatic ring is 2. The first-order chi connectivity index (χ1) is 57.7. The normalized spacial score (nSPS) is 29.7. The van der Waals surface area contributed by atoms with Gasteiger partial charge >= 0.3 is 68.8 Å². The van der Waals surface area contributed by atoms with Gasteiger partial charge in [-0.25, -0.2) is 38.9 Å². The predicted molar refractivity (Wildman–Crippen MR) is 448 cm³/mol. The van der Waals surface area contributed by atoms with Crippen molar-refractivity contribution in [2.24, 2.45) is 0 Å². The van der Waals surface area contributed by atoms with Gasteiger partial charge in [0.15, 0.2) is 11.5 Å². The SMILES string of the molecule is CCC1OC(n2cnc3c(N)ncnc32)CC1OP(O)(=S)OCC1OC(n2cc(C)c(=O)[nH]c2=O)CC1OP(O)(=S)OCC1OC(n2cc(C)c(=O)[nH]c2=O)CC1OP(O)(=S)OCC1OC(n2cc(C)c(=O)[nH]c2=O)CC1OP(O)(=S)OCC1OC(n2cc(C)c(N)nc2=O)CC1OP(O)(=S)OCC1OC(n2cc(C)c(=O)[nH]c2=O)CC1OP(O)(=S)OC. The van der Waals surface area contributed by atoms with Gasteiger partial charge in [-0.1, -0.05) is 6.92 Å². The average molecular weight is 1960 g/mol. The summed E-state index contributed by atoms with van der Waals surface area (Å²) in [5.74, 6) is 0.0343. The average Bonchev–Trinajstić information content (AvgIpc) is 1.65. The van der Waals surface area contributed by atoms with Crippen molar-refractivity contribution >= 4 is 134 Å². The van der Waals surface area contributed by atoms with Crippen molar-refractivity contribution < 1.29 is 112 Å². The summed E-state index contributed by atoms with van der Waals surface area (Å²) in [4.78, 5) is 212. The molecule has 0 saturated carbocycles. The van der Waals surface area contributed by atoms with Crippen LogP contribution in [0.5, 0.6) is 0 Å². The lowest BCUT2D eigenvalue weighted by atomic mass is 10.1. The standard InChI is InChI=1S/C62H84N16O33P6S6/c1-8-32-33(9-49(100-32)78-26-67-50-52(64)65-25-66-53(50)78)107-113(89,119)95-21-41-36(12-46(103-41)75-17-29(4)55(80)70-60(75)85)109-116(92,122)98-23-43-38(14-48(105-43)77-19-31(6)57(82)72-62(77)87)111-117(93,123)99-24-42-37(13-47(104-42)76-18-30(5)56(81)71-61(76)86)110-115(91,121)97-22-40-35(11-44(102-40)73-15-27(2)51(63)68-58(73)83)108-114(90,120)96-20-39-34(106-112(88,118)94-7)10-45(101-39)74-16-28(3)54(79)69-59(74)84/h15-19,25-26,32-49H,8-14,20-24H2,1-7H3,(H,88,118)(H,89,119)(H,90,120)(H,91,121)(H,92,122)(H,93,123)(H2,63,68,83)(H2,64,65,66)(H,69,79,84)(H,70,80,85)(H,71,81,86)(H,72,82,87). The molecule has 0 aliphatic carbocycles. The van der Waals surface area contributed by atoms with Crippen LogP contribution in [-0.2, 0) is 154 Å². The van der Waals surface area contributed by atoms with Crippen LogP contribution in [0.1, 0.15) is 117 Å². The third-order valence-corrected chi connectivity index (χ3v) is 30.0. The van der Waals surface area contributed by atoms with E-state index in [0.717, 1.165) is 29.9 Å². The maximum atomic E-state index is 13.5. The number of imidazole rings is 1. The molecule has 6 fully saturated rings. The van der Waals surface area contributed by atoms with Crippen LogP contribution in [0.4, 0.5) is 11.6 Å². The summed E-state index contributed by atoms with van der Waals surface area (Å²) in [6.45, 7) is -21.5. The van der Waals surface area contributed by atoms with Crippen molar-refractivity contribution in [2.45, 2.75) is 197 Å². The van der Waals surface area contributed by atoms with E-state index in [0.29, 0.717) is 23.1 Å². The number of nitrogens with two attached hydrogens (primary N) is 2. The number of fused-ring (bicyclic) bond motifs is 1. The van der Waals surface area contributed by atoms with Crippen molar-refractivity contribution in [3.8, 4) is 0 Å². The molecule has 49 nitrogen and oxygen atoms in total. The van der Waals surface area contributed by atoms with Gasteiger partial charge in [-0.2, -0.15) is 4.98 Å². The fraction of sp³-hybridized carbons (Fsp3) is 0.597. The zero-order valence-corrected chi connectivity index (χ0v) is 75.7. The highest BCUT2D eigenvalue weighted by Gasteiger charge is 2.50. The molecule has 7 aromatic rings. The topological polar surface area (TPSA) is 637 Å². The minimum Gasteiger partial charge on any atom is -0.383 e. The fourth-order valence-corrected chi connectivity index (χ4v) is 22.5. The monoisotopic (exact) mass is 1960 g/mol. The number of H-pyrrole nitrogens is 4. The highest BCUT2D eigenvalue weighted by atomic mass is 32.5. The van der Waals surface area contributed by atoms with Crippen LogP contribution < -0.4 is 62.2 Å². The van der Waals surface area contributed by atoms with Crippen LogP contribution in [-0.4, -0.2) is 210 Å². The van der Waals surface area contributed by atoms with E-state index in [4.69, 9.17) is 165 Å². The number of nitrogens with zero attached hydrogens (tertiary/aromatic N) is 10. The first-order valence-electron chi connectivity index (χ1n) is 37.1. The number of hydrogen-bond donors (Lipinski definition) is 12. The van der Waals surface area contributed by atoms with E-state index in [1.807, 2.05) is 6.92 Å². The van der Waals surface area contributed by atoms with Gasteiger partial charge in [-0.15, -0.1) is 0 Å². The molecule has 0 spiro atoms. The van der Waals surface area contributed by atoms with E-state index in [2.05, 4.69) is 39.9 Å². The Morgan fingerprint density at radius 1 is 0.390 bits per heavy atom. The number of anilines is 2. The summed E-state index contributed by atoms with van der Waals surface area (Å²) >= 11 is 32.9. The number of aromatic nitrogens is 14. The van der Waals surface area contributed by atoms with Gasteiger partial charge in [-0.3, -0.25) is 66.5 Å². The quantitative estimate of drug-likeness (QED) is 0.0240. The summed E-state index contributed by atoms with van der Waals surface area (Å²) in [7, 11) is 1.10. The molecule has 6 aliphatic heterocycles. The Bertz CT molecular complexity index is 6060. The highest BCUT2D eigenvalue weighted by molar-refractivity contribution is 8.08. The molecule has 0 bridgehead atoms. The number of nitrogens with one attached hydrogen (secondary N) is 4. The Hall–Kier alpha value is -5.31. The second-order valence-corrected chi connectivity index (χ2v) is 45.8. The first kappa shape index (κ1) is 95.3. The molecule has 0 aromatic carbocycles. The highest BCUT2D eigenvalue weighted by Crippen LogP contribution is 2.57. The van der Waals surface area contributed by atoms with Crippen molar-refractivity contribution in [2.75, 3.05) is 51.6 Å². The largest absolute Gasteiger partial charge is 0.383 e. The molecule has 24 atom stereocenters.